The first-order valence-corrected chi connectivity index (χ1v) is 7.51. The number of halogens is 1. The van der Waals surface area contributed by atoms with E-state index in [9.17, 15) is 9.18 Å². The highest BCUT2D eigenvalue weighted by atomic mass is 19.1. The molecule has 3 N–H and O–H groups in total. The van der Waals surface area contributed by atoms with Crippen molar-refractivity contribution < 1.29 is 9.18 Å². The highest BCUT2D eigenvalue weighted by Gasteiger charge is 2.50. The average Bonchev–Trinajstić information content (AvgIpc) is 3.27. The van der Waals surface area contributed by atoms with E-state index in [0.29, 0.717) is 6.54 Å². The maximum absolute atomic E-state index is 13.4. The molecule has 1 saturated carbocycles. The fourth-order valence-corrected chi connectivity index (χ4v) is 2.80. The van der Waals surface area contributed by atoms with E-state index in [1.165, 1.54) is 12.1 Å². The number of benzene rings is 1. The summed E-state index contributed by atoms with van der Waals surface area (Å²) in [5.74, 6) is -0.323. The van der Waals surface area contributed by atoms with Crippen LogP contribution in [-0.4, -0.2) is 31.6 Å². The predicted molar refractivity (Wildman–Crippen MR) is 82.6 cm³/mol. The molecule has 1 aliphatic rings. The molecule has 1 fully saturated rings. The van der Waals surface area contributed by atoms with Gasteiger partial charge in [0.1, 0.15) is 11.4 Å². The summed E-state index contributed by atoms with van der Waals surface area (Å²) >= 11 is 0. The fourth-order valence-electron chi connectivity index (χ4n) is 2.80. The van der Waals surface area contributed by atoms with E-state index in [1.54, 1.807) is 6.07 Å². The van der Waals surface area contributed by atoms with Crippen LogP contribution in [0.1, 0.15) is 26.2 Å². The van der Waals surface area contributed by atoms with Crippen LogP contribution < -0.4 is 16.0 Å². The molecule has 0 aromatic heterocycles. The van der Waals surface area contributed by atoms with Gasteiger partial charge in [0.2, 0.25) is 5.91 Å². The molecule has 1 unspecified atom stereocenters. The van der Waals surface area contributed by atoms with Crippen LogP contribution in [0.15, 0.2) is 24.3 Å². The zero-order chi connectivity index (χ0) is 15.5. The minimum Gasteiger partial charge on any atom is -0.372 e. The van der Waals surface area contributed by atoms with E-state index in [-0.39, 0.29) is 17.6 Å². The van der Waals surface area contributed by atoms with E-state index in [0.717, 1.165) is 31.5 Å². The summed E-state index contributed by atoms with van der Waals surface area (Å²) in [5.41, 5.74) is 5.73. The van der Waals surface area contributed by atoms with Crippen LogP contribution >= 0.6 is 0 Å². The molecule has 0 saturated heterocycles. The van der Waals surface area contributed by atoms with E-state index >= 15 is 0 Å². The van der Waals surface area contributed by atoms with Gasteiger partial charge < -0.3 is 16.0 Å². The SMILES string of the molecule is CCCNC(CN(C)c1cccc(F)c1)(C(N)=O)C1CC1. The minimum absolute atomic E-state index is 0.276. The molecule has 5 heteroatoms. The summed E-state index contributed by atoms with van der Waals surface area (Å²) in [6.45, 7) is 3.26. The number of hydrogen-bond donors (Lipinski definition) is 2. The summed E-state index contributed by atoms with van der Waals surface area (Å²) in [6.07, 6.45) is 2.96. The molecular weight excluding hydrogens is 269 g/mol. The number of primary amides is 1. The topological polar surface area (TPSA) is 58.4 Å². The van der Waals surface area contributed by atoms with Crippen LogP contribution in [0.5, 0.6) is 0 Å². The Morgan fingerprint density at radius 2 is 2.24 bits per heavy atom. The second-order valence-corrected chi connectivity index (χ2v) is 5.87. The van der Waals surface area contributed by atoms with Crippen LogP contribution in [0.4, 0.5) is 10.1 Å². The van der Waals surface area contributed by atoms with Gasteiger partial charge in [0, 0.05) is 19.3 Å². The number of rotatable bonds is 8. The summed E-state index contributed by atoms with van der Waals surface area (Å²) in [5, 5.41) is 3.35. The van der Waals surface area contributed by atoms with Crippen molar-refractivity contribution in [2.75, 3.05) is 25.0 Å². The standard InChI is InChI=1S/C16H24FN3O/c1-3-9-19-16(15(18)21,12-7-8-12)11-20(2)14-6-4-5-13(17)10-14/h4-6,10,12,19H,3,7-9,11H2,1-2H3,(H2,18,21). The Balaban J connectivity index is 2.19. The molecule has 116 valence electrons. The number of carbonyl (C=O) groups is 1. The van der Waals surface area contributed by atoms with Crippen LogP contribution in [0.2, 0.25) is 0 Å². The second-order valence-electron chi connectivity index (χ2n) is 5.87. The Bertz CT molecular complexity index is 504. The van der Waals surface area contributed by atoms with Gasteiger partial charge in [0.25, 0.3) is 0 Å². The van der Waals surface area contributed by atoms with Crippen molar-refractivity contribution >= 4 is 11.6 Å². The van der Waals surface area contributed by atoms with Gasteiger partial charge >= 0.3 is 0 Å². The first kappa shape index (κ1) is 15.8. The maximum atomic E-state index is 13.4. The van der Waals surface area contributed by atoms with Gasteiger partial charge in [-0.1, -0.05) is 13.0 Å². The van der Waals surface area contributed by atoms with Crippen molar-refractivity contribution in [3.05, 3.63) is 30.1 Å². The molecule has 0 heterocycles. The van der Waals surface area contributed by atoms with Gasteiger partial charge in [-0.2, -0.15) is 0 Å². The molecule has 0 aliphatic heterocycles. The molecule has 1 amide bonds. The van der Waals surface area contributed by atoms with Crippen LogP contribution in [-0.2, 0) is 4.79 Å². The van der Waals surface area contributed by atoms with E-state index in [2.05, 4.69) is 12.2 Å². The van der Waals surface area contributed by atoms with Gasteiger partial charge in [0.15, 0.2) is 0 Å². The Kier molecular flexibility index (Phi) is 4.83. The van der Waals surface area contributed by atoms with Crippen molar-refractivity contribution in [2.24, 2.45) is 11.7 Å². The number of nitrogens with zero attached hydrogens (tertiary/aromatic N) is 1. The van der Waals surface area contributed by atoms with E-state index in [4.69, 9.17) is 5.73 Å². The third-order valence-electron chi connectivity index (χ3n) is 4.14. The molecular formula is C16H24FN3O. The smallest absolute Gasteiger partial charge is 0.239 e. The van der Waals surface area contributed by atoms with Crippen molar-refractivity contribution in [1.29, 1.82) is 0 Å². The van der Waals surface area contributed by atoms with Gasteiger partial charge in [0.05, 0.1) is 0 Å². The number of nitrogens with one attached hydrogen (secondary N) is 1. The number of amides is 1. The zero-order valence-corrected chi connectivity index (χ0v) is 12.7. The van der Waals surface area contributed by atoms with Crippen molar-refractivity contribution in [2.45, 2.75) is 31.7 Å². The zero-order valence-electron chi connectivity index (χ0n) is 12.7. The van der Waals surface area contributed by atoms with Crippen LogP contribution in [0, 0.1) is 11.7 Å². The van der Waals surface area contributed by atoms with Gasteiger partial charge in [-0.05, 0) is 49.9 Å². The summed E-state index contributed by atoms with van der Waals surface area (Å²) in [4.78, 5) is 14.0. The van der Waals surface area contributed by atoms with Crippen molar-refractivity contribution in [3.63, 3.8) is 0 Å². The molecule has 1 aromatic carbocycles. The summed E-state index contributed by atoms with van der Waals surface area (Å²) in [6, 6.07) is 6.39. The Labute approximate surface area is 125 Å². The lowest BCUT2D eigenvalue weighted by Crippen LogP contribution is -2.63. The monoisotopic (exact) mass is 293 g/mol. The largest absolute Gasteiger partial charge is 0.372 e. The van der Waals surface area contributed by atoms with Crippen LogP contribution in [0.3, 0.4) is 0 Å². The summed E-state index contributed by atoms with van der Waals surface area (Å²) < 4.78 is 13.4. The average molecular weight is 293 g/mol. The maximum Gasteiger partial charge on any atom is 0.239 e. The number of anilines is 1. The lowest BCUT2D eigenvalue weighted by Gasteiger charge is -2.36. The predicted octanol–water partition coefficient (Wildman–Crippen LogP) is 1.90. The first-order chi connectivity index (χ1) is 9.99. The fraction of sp³-hybridized carbons (Fsp3) is 0.562. The van der Waals surface area contributed by atoms with E-state index < -0.39 is 5.54 Å². The third-order valence-corrected chi connectivity index (χ3v) is 4.14. The molecule has 4 nitrogen and oxygen atoms in total. The van der Waals surface area contributed by atoms with Gasteiger partial charge in [-0.25, -0.2) is 4.39 Å². The van der Waals surface area contributed by atoms with Crippen molar-refractivity contribution in [1.82, 2.24) is 5.32 Å². The first-order valence-electron chi connectivity index (χ1n) is 7.51. The summed E-state index contributed by atoms with van der Waals surface area (Å²) in [7, 11) is 1.86. The Morgan fingerprint density at radius 1 is 1.52 bits per heavy atom. The molecule has 2 rings (SSSR count). The number of likely N-dealkylation sites (N-methyl/N-ethyl adjacent to an activating group) is 1. The lowest BCUT2D eigenvalue weighted by atomic mass is 9.91. The molecule has 0 bridgehead atoms. The third kappa shape index (κ3) is 3.53. The molecule has 21 heavy (non-hydrogen) atoms. The number of carbonyl (C=O) groups excluding carboxylic acids is 1. The number of nitrogens with two attached hydrogens (primary N) is 1. The Hall–Kier alpha value is -1.62. The quantitative estimate of drug-likeness (QED) is 0.769. The highest BCUT2D eigenvalue weighted by Crippen LogP contribution is 2.40. The molecule has 1 atom stereocenters. The molecule has 0 radical (unpaired) electrons. The lowest BCUT2D eigenvalue weighted by molar-refractivity contribution is -0.125. The van der Waals surface area contributed by atoms with Crippen LogP contribution in [0.25, 0.3) is 0 Å². The second kappa shape index (κ2) is 6.43. The molecule has 1 aliphatic carbocycles. The van der Waals surface area contributed by atoms with Gasteiger partial charge in [-0.3, -0.25) is 4.79 Å². The molecule has 1 aromatic rings. The van der Waals surface area contributed by atoms with Gasteiger partial charge in [-0.15, -0.1) is 0 Å². The van der Waals surface area contributed by atoms with E-state index in [1.807, 2.05) is 18.0 Å². The highest BCUT2D eigenvalue weighted by molar-refractivity contribution is 5.86. The normalized spacial score (nSPS) is 17.3. The molecule has 0 spiro atoms. The minimum atomic E-state index is -0.725. The Morgan fingerprint density at radius 3 is 2.76 bits per heavy atom. The number of hydrogen-bond acceptors (Lipinski definition) is 3. The van der Waals surface area contributed by atoms with Crippen molar-refractivity contribution in [3.8, 4) is 0 Å².